The van der Waals surface area contributed by atoms with Gasteiger partial charge >= 0.3 is 5.97 Å². The van der Waals surface area contributed by atoms with Crippen LogP contribution in [0.25, 0.3) is 0 Å². The van der Waals surface area contributed by atoms with Crippen molar-refractivity contribution in [1.82, 2.24) is 4.57 Å². The van der Waals surface area contributed by atoms with Crippen LogP contribution in [0.15, 0.2) is 36.4 Å². The van der Waals surface area contributed by atoms with Crippen LogP contribution in [0.4, 0.5) is 0 Å². The van der Waals surface area contributed by atoms with Crippen LogP contribution in [0.3, 0.4) is 0 Å². The minimum Gasteiger partial charge on any atom is -0.478 e. The number of hydrogen-bond donors (Lipinski definition) is 1. The monoisotopic (exact) mass is 271 g/mol. The highest BCUT2D eigenvalue weighted by molar-refractivity contribution is 5.89. The Morgan fingerprint density at radius 2 is 1.90 bits per heavy atom. The van der Waals surface area contributed by atoms with Crippen LogP contribution < -0.4 is 0 Å². The second kappa shape index (κ2) is 5.95. The van der Waals surface area contributed by atoms with E-state index in [1.54, 1.807) is 0 Å². The molecule has 0 aliphatic heterocycles. The number of hydrogen-bond acceptors (Lipinski definition) is 1. The number of aromatic carboxylic acids is 1. The van der Waals surface area contributed by atoms with Crippen molar-refractivity contribution < 1.29 is 9.90 Å². The van der Waals surface area contributed by atoms with Crippen molar-refractivity contribution in [2.24, 2.45) is 0 Å². The molecule has 0 aliphatic carbocycles. The van der Waals surface area contributed by atoms with Gasteiger partial charge in [0, 0.05) is 17.9 Å². The summed E-state index contributed by atoms with van der Waals surface area (Å²) in [5, 5.41) is 9.37. The van der Waals surface area contributed by atoms with Crippen LogP contribution in [-0.4, -0.2) is 15.6 Å². The number of aromatic nitrogens is 1. The Bertz CT molecular complexity index is 597. The number of carboxylic acid groups (broad SMARTS) is 1. The maximum Gasteiger partial charge on any atom is 0.337 e. The molecule has 0 atom stereocenters. The summed E-state index contributed by atoms with van der Waals surface area (Å²) in [6.45, 7) is 6.93. The largest absolute Gasteiger partial charge is 0.478 e. The molecule has 2 rings (SSSR count). The van der Waals surface area contributed by atoms with E-state index in [2.05, 4.69) is 30.5 Å². The molecule has 0 bridgehead atoms. The third-order valence-electron chi connectivity index (χ3n) is 3.58. The van der Waals surface area contributed by atoms with Gasteiger partial charge in [0.1, 0.15) is 0 Å². The number of carbonyl (C=O) groups is 1. The molecule has 1 aromatic heterocycles. The summed E-state index contributed by atoms with van der Waals surface area (Å²) in [4.78, 5) is 11.4. The van der Waals surface area contributed by atoms with Crippen molar-refractivity contribution in [2.45, 2.75) is 39.7 Å². The third-order valence-corrected chi connectivity index (χ3v) is 3.58. The van der Waals surface area contributed by atoms with E-state index in [0.717, 1.165) is 24.4 Å². The van der Waals surface area contributed by atoms with Gasteiger partial charge in [-0.3, -0.25) is 0 Å². The fraction of sp³-hybridized carbons (Fsp3) is 0.353. The van der Waals surface area contributed by atoms with Crippen molar-refractivity contribution in [2.75, 3.05) is 0 Å². The highest BCUT2D eigenvalue weighted by Crippen LogP contribution is 2.25. The van der Waals surface area contributed by atoms with Gasteiger partial charge in [0.2, 0.25) is 0 Å². The van der Waals surface area contributed by atoms with Gasteiger partial charge in [-0.05, 0) is 24.0 Å². The molecular weight excluding hydrogens is 250 g/mol. The Balaban J connectivity index is 2.51. The average Bonchev–Trinajstić information content (AvgIpc) is 2.78. The molecule has 20 heavy (non-hydrogen) atoms. The zero-order valence-electron chi connectivity index (χ0n) is 12.3. The summed E-state index contributed by atoms with van der Waals surface area (Å²) in [5.74, 6) is -0.535. The van der Waals surface area contributed by atoms with Gasteiger partial charge in [0.15, 0.2) is 0 Å². The highest BCUT2D eigenvalue weighted by Gasteiger charge is 2.20. The van der Waals surface area contributed by atoms with Crippen LogP contribution in [-0.2, 0) is 13.0 Å². The predicted octanol–water partition coefficient (Wildman–Crippen LogP) is 3.92. The molecule has 1 heterocycles. The summed E-state index contributed by atoms with van der Waals surface area (Å²) in [6.07, 6.45) is 0.723. The Morgan fingerprint density at radius 1 is 1.25 bits per heavy atom. The second-order valence-electron chi connectivity index (χ2n) is 5.31. The molecule has 0 saturated heterocycles. The fourth-order valence-electron chi connectivity index (χ4n) is 2.61. The first-order valence-electron chi connectivity index (χ1n) is 7.04. The topological polar surface area (TPSA) is 42.2 Å². The zero-order chi connectivity index (χ0) is 14.7. The van der Waals surface area contributed by atoms with Crippen molar-refractivity contribution in [3.63, 3.8) is 0 Å². The number of carboxylic acids is 1. The molecule has 1 N–H and O–H groups in total. The molecule has 0 spiro atoms. The summed E-state index contributed by atoms with van der Waals surface area (Å²) < 4.78 is 2.16. The summed E-state index contributed by atoms with van der Waals surface area (Å²) in [5.41, 5.74) is 3.62. The maximum absolute atomic E-state index is 11.4. The van der Waals surface area contributed by atoms with Crippen molar-refractivity contribution in [3.8, 4) is 0 Å². The van der Waals surface area contributed by atoms with E-state index in [0.29, 0.717) is 11.5 Å². The molecule has 0 aliphatic rings. The zero-order valence-corrected chi connectivity index (χ0v) is 12.3. The van der Waals surface area contributed by atoms with E-state index in [9.17, 15) is 9.90 Å². The lowest BCUT2D eigenvalue weighted by Crippen LogP contribution is -2.10. The normalized spacial score (nSPS) is 11.0. The minimum atomic E-state index is -0.837. The summed E-state index contributed by atoms with van der Waals surface area (Å²) >= 11 is 0. The van der Waals surface area contributed by atoms with E-state index in [1.807, 2.05) is 31.2 Å². The summed E-state index contributed by atoms with van der Waals surface area (Å²) in [7, 11) is 0. The number of benzene rings is 1. The van der Waals surface area contributed by atoms with Gasteiger partial charge in [-0.25, -0.2) is 4.79 Å². The Labute approximate surface area is 119 Å². The van der Waals surface area contributed by atoms with Gasteiger partial charge in [-0.15, -0.1) is 0 Å². The molecule has 106 valence electrons. The van der Waals surface area contributed by atoms with Crippen LogP contribution in [0.2, 0.25) is 0 Å². The lowest BCUT2D eigenvalue weighted by Gasteiger charge is -2.15. The summed E-state index contributed by atoms with van der Waals surface area (Å²) in [6, 6.07) is 12.0. The first-order valence-corrected chi connectivity index (χ1v) is 7.04. The fourth-order valence-corrected chi connectivity index (χ4v) is 2.61. The maximum atomic E-state index is 11.4. The smallest absolute Gasteiger partial charge is 0.337 e. The van der Waals surface area contributed by atoms with Crippen LogP contribution >= 0.6 is 0 Å². The lowest BCUT2D eigenvalue weighted by atomic mass is 10.1. The first-order chi connectivity index (χ1) is 9.54. The minimum absolute atomic E-state index is 0.303. The number of rotatable bonds is 5. The van der Waals surface area contributed by atoms with E-state index >= 15 is 0 Å². The third kappa shape index (κ3) is 2.77. The highest BCUT2D eigenvalue weighted by atomic mass is 16.4. The van der Waals surface area contributed by atoms with Gasteiger partial charge < -0.3 is 9.67 Å². The molecule has 0 fully saturated rings. The van der Waals surface area contributed by atoms with Crippen LogP contribution in [0.5, 0.6) is 0 Å². The molecule has 0 amide bonds. The van der Waals surface area contributed by atoms with E-state index in [1.165, 1.54) is 5.56 Å². The number of nitrogens with zero attached hydrogens (tertiary/aromatic N) is 1. The molecule has 1 aromatic carbocycles. The Kier molecular flexibility index (Phi) is 4.28. The first kappa shape index (κ1) is 14.4. The average molecular weight is 271 g/mol. The van der Waals surface area contributed by atoms with E-state index < -0.39 is 5.97 Å². The molecule has 3 nitrogen and oxygen atoms in total. The lowest BCUT2D eigenvalue weighted by molar-refractivity contribution is 0.0695. The van der Waals surface area contributed by atoms with Gasteiger partial charge in [0.05, 0.1) is 5.56 Å². The van der Waals surface area contributed by atoms with Crippen molar-refractivity contribution in [3.05, 3.63) is 58.9 Å². The molecule has 0 saturated carbocycles. The predicted molar refractivity (Wildman–Crippen MR) is 80.4 cm³/mol. The van der Waals surface area contributed by atoms with E-state index in [4.69, 9.17) is 0 Å². The van der Waals surface area contributed by atoms with Gasteiger partial charge in [-0.1, -0.05) is 51.1 Å². The van der Waals surface area contributed by atoms with Crippen LogP contribution in [0, 0.1) is 0 Å². The van der Waals surface area contributed by atoms with E-state index in [-0.39, 0.29) is 0 Å². The standard InChI is InChI=1S/C17H21NO2/c1-4-15-14(17(19)20)10-16(12(2)3)18(15)11-13-8-6-5-7-9-13/h5-10,12H,4,11H2,1-3H3,(H,19,20). The van der Waals surface area contributed by atoms with Crippen LogP contribution in [0.1, 0.15) is 54.0 Å². The molecule has 0 radical (unpaired) electrons. The Morgan fingerprint density at radius 3 is 2.40 bits per heavy atom. The van der Waals surface area contributed by atoms with Gasteiger partial charge in [0.25, 0.3) is 0 Å². The van der Waals surface area contributed by atoms with Crippen molar-refractivity contribution in [1.29, 1.82) is 0 Å². The second-order valence-corrected chi connectivity index (χ2v) is 5.31. The quantitative estimate of drug-likeness (QED) is 0.895. The molecule has 2 aromatic rings. The Hall–Kier alpha value is -2.03. The molecule has 0 unspecified atom stereocenters. The van der Waals surface area contributed by atoms with Gasteiger partial charge in [-0.2, -0.15) is 0 Å². The van der Waals surface area contributed by atoms with Crippen molar-refractivity contribution >= 4 is 5.97 Å². The SMILES string of the molecule is CCc1c(C(=O)O)cc(C(C)C)n1Cc1ccccc1. The molecular formula is C17H21NO2. The molecule has 3 heteroatoms.